The molecular formula is C22H22FNO4. The number of hydrogen-bond donors (Lipinski definition) is 0. The van der Waals surface area contributed by atoms with Crippen molar-refractivity contribution in [2.24, 2.45) is 0 Å². The number of esters is 1. The molecule has 0 unspecified atom stereocenters. The lowest BCUT2D eigenvalue weighted by atomic mass is 9.83. The van der Waals surface area contributed by atoms with Crippen molar-refractivity contribution in [3.8, 4) is 5.75 Å². The molecule has 3 rings (SSSR count). The normalized spacial score (nSPS) is 16.0. The minimum absolute atomic E-state index is 0.0417. The number of rotatable bonds is 6. The van der Waals surface area contributed by atoms with Crippen LogP contribution in [0, 0.1) is 5.82 Å². The first-order valence-corrected chi connectivity index (χ1v) is 8.92. The predicted octanol–water partition coefficient (Wildman–Crippen LogP) is 3.63. The molecule has 0 radical (unpaired) electrons. The quantitative estimate of drug-likeness (QED) is 0.563. The summed E-state index contributed by atoms with van der Waals surface area (Å²) in [5.41, 5.74) is 2.67. The first-order chi connectivity index (χ1) is 13.3. The van der Waals surface area contributed by atoms with E-state index in [1.54, 1.807) is 6.07 Å². The maximum absolute atomic E-state index is 13.5. The summed E-state index contributed by atoms with van der Waals surface area (Å²) in [6.07, 6.45) is 1.50. The number of carbonyl (C=O) groups is 2. The van der Waals surface area contributed by atoms with Gasteiger partial charge in [0, 0.05) is 29.9 Å². The third kappa shape index (κ3) is 3.91. The van der Waals surface area contributed by atoms with Crippen molar-refractivity contribution in [3.63, 3.8) is 0 Å². The van der Waals surface area contributed by atoms with Crippen molar-refractivity contribution < 1.29 is 23.5 Å². The molecule has 2 aromatic rings. The molecule has 0 amide bonds. The number of benzene rings is 2. The van der Waals surface area contributed by atoms with Gasteiger partial charge in [-0.15, -0.1) is 0 Å². The number of fused-ring (bicyclic) bond motifs is 1. The number of para-hydroxylation sites is 2. The Bertz CT molecular complexity index is 936. The Morgan fingerprint density at radius 1 is 1.07 bits per heavy atom. The number of ether oxygens (including phenoxy) is 2. The summed E-state index contributed by atoms with van der Waals surface area (Å²) in [6.45, 7) is 3.22. The monoisotopic (exact) mass is 383 g/mol. The van der Waals surface area contributed by atoms with Crippen LogP contribution in [0.5, 0.6) is 5.75 Å². The van der Waals surface area contributed by atoms with E-state index < -0.39 is 25.0 Å². The lowest BCUT2D eigenvalue weighted by Gasteiger charge is -2.23. The predicted molar refractivity (Wildman–Crippen MR) is 104 cm³/mol. The van der Waals surface area contributed by atoms with E-state index >= 15 is 0 Å². The molecule has 0 aliphatic carbocycles. The molecular weight excluding hydrogens is 361 g/mol. The summed E-state index contributed by atoms with van der Waals surface area (Å²) in [6, 6.07) is 13.7. The van der Waals surface area contributed by atoms with E-state index in [0.29, 0.717) is 0 Å². The van der Waals surface area contributed by atoms with Gasteiger partial charge in [0.2, 0.25) is 0 Å². The average molecular weight is 383 g/mol. The van der Waals surface area contributed by atoms with Gasteiger partial charge in [0.25, 0.3) is 0 Å². The highest BCUT2D eigenvalue weighted by atomic mass is 19.1. The molecule has 0 bridgehead atoms. The zero-order valence-corrected chi connectivity index (χ0v) is 16.1. The number of ketones is 1. The van der Waals surface area contributed by atoms with Gasteiger partial charge in [-0.05, 0) is 23.8 Å². The van der Waals surface area contributed by atoms with E-state index in [0.717, 1.165) is 16.9 Å². The zero-order valence-electron chi connectivity index (χ0n) is 16.1. The van der Waals surface area contributed by atoms with E-state index in [1.807, 2.05) is 50.1 Å². The number of halogens is 1. The molecule has 146 valence electrons. The molecule has 0 fully saturated rings. The van der Waals surface area contributed by atoms with E-state index in [9.17, 15) is 14.0 Å². The highest BCUT2D eigenvalue weighted by molar-refractivity contribution is 5.94. The summed E-state index contributed by atoms with van der Waals surface area (Å²) >= 11 is 0. The first kappa shape index (κ1) is 19.6. The molecule has 0 N–H and O–H groups in total. The molecule has 0 atom stereocenters. The average Bonchev–Trinajstić information content (AvgIpc) is 2.87. The molecule has 6 heteroatoms. The second kappa shape index (κ2) is 7.84. The smallest absolute Gasteiger partial charge is 0.344 e. The molecule has 0 saturated carbocycles. The Labute approximate surface area is 163 Å². The van der Waals surface area contributed by atoms with E-state index in [1.165, 1.54) is 24.3 Å². The summed E-state index contributed by atoms with van der Waals surface area (Å²) < 4.78 is 23.5. The van der Waals surface area contributed by atoms with Crippen LogP contribution in [0.4, 0.5) is 10.1 Å². The molecule has 1 aliphatic rings. The topological polar surface area (TPSA) is 55.8 Å². The van der Waals surface area contributed by atoms with Crippen LogP contribution in [0.15, 0.2) is 60.3 Å². The maximum Gasteiger partial charge on any atom is 0.344 e. The Kier molecular flexibility index (Phi) is 5.49. The lowest BCUT2D eigenvalue weighted by molar-refractivity contribution is -0.149. The minimum Gasteiger partial charge on any atom is -0.479 e. The van der Waals surface area contributed by atoms with Crippen LogP contribution in [-0.4, -0.2) is 32.0 Å². The van der Waals surface area contributed by atoms with E-state index in [-0.39, 0.29) is 16.9 Å². The lowest BCUT2D eigenvalue weighted by Crippen LogP contribution is -2.25. The molecule has 1 aliphatic heterocycles. The summed E-state index contributed by atoms with van der Waals surface area (Å²) in [5, 5.41) is 0. The summed E-state index contributed by atoms with van der Waals surface area (Å²) in [5.74, 6) is -1.68. The van der Waals surface area contributed by atoms with Crippen molar-refractivity contribution >= 4 is 17.4 Å². The van der Waals surface area contributed by atoms with Gasteiger partial charge in [0.15, 0.2) is 30.6 Å². The van der Waals surface area contributed by atoms with Crippen LogP contribution in [0.2, 0.25) is 0 Å². The van der Waals surface area contributed by atoms with Crippen molar-refractivity contribution in [3.05, 3.63) is 71.7 Å². The fourth-order valence-electron chi connectivity index (χ4n) is 3.34. The van der Waals surface area contributed by atoms with Gasteiger partial charge in [-0.3, -0.25) is 4.79 Å². The van der Waals surface area contributed by atoms with E-state index in [4.69, 9.17) is 9.47 Å². The van der Waals surface area contributed by atoms with Crippen molar-refractivity contribution in [2.75, 3.05) is 25.2 Å². The SMILES string of the molecule is CN1/C(=C\C(=O)COC(=O)COc2ccccc2F)C(C)(C)c2ccccc21. The fraction of sp³-hybridized carbons (Fsp3) is 0.273. The van der Waals surface area contributed by atoms with Crippen LogP contribution in [0.1, 0.15) is 19.4 Å². The second-order valence-electron chi connectivity index (χ2n) is 7.08. The van der Waals surface area contributed by atoms with Gasteiger partial charge in [-0.2, -0.15) is 0 Å². The number of allylic oxidation sites excluding steroid dienone is 1. The standard InChI is InChI=1S/C22H22FNO4/c1-22(2)16-8-4-6-10-18(16)24(3)20(22)12-15(25)13-28-21(26)14-27-19-11-7-5-9-17(19)23/h4-12H,13-14H2,1-3H3/b20-12-. The van der Waals surface area contributed by atoms with Gasteiger partial charge in [-0.1, -0.05) is 44.2 Å². The van der Waals surface area contributed by atoms with Gasteiger partial charge in [0.05, 0.1) is 0 Å². The Balaban J connectivity index is 1.58. The number of nitrogens with zero attached hydrogens (tertiary/aromatic N) is 1. The third-order valence-corrected chi connectivity index (χ3v) is 4.80. The van der Waals surface area contributed by atoms with Gasteiger partial charge >= 0.3 is 5.97 Å². The Morgan fingerprint density at radius 2 is 1.75 bits per heavy atom. The number of anilines is 1. The van der Waals surface area contributed by atoms with Gasteiger partial charge in [-0.25, -0.2) is 9.18 Å². The maximum atomic E-state index is 13.5. The summed E-state index contributed by atoms with van der Waals surface area (Å²) in [4.78, 5) is 26.1. The fourth-order valence-corrected chi connectivity index (χ4v) is 3.34. The van der Waals surface area contributed by atoms with Crippen LogP contribution in [0.25, 0.3) is 0 Å². The van der Waals surface area contributed by atoms with Gasteiger partial charge in [0.1, 0.15) is 0 Å². The van der Waals surface area contributed by atoms with Crippen LogP contribution < -0.4 is 9.64 Å². The van der Waals surface area contributed by atoms with Crippen molar-refractivity contribution in [1.29, 1.82) is 0 Å². The molecule has 0 aromatic heterocycles. The molecule has 1 heterocycles. The molecule has 2 aromatic carbocycles. The number of likely N-dealkylation sites (N-methyl/N-ethyl adjacent to an activating group) is 1. The second-order valence-corrected chi connectivity index (χ2v) is 7.08. The van der Waals surface area contributed by atoms with Crippen molar-refractivity contribution in [1.82, 2.24) is 0 Å². The number of carbonyl (C=O) groups excluding carboxylic acids is 2. The largest absolute Gasteiger partial charge is 0.479 e. The molecule has 0 saturated heterocycles. The Hall–Kier alpha value is -3.15. The molecule has 28 heavy (non-hydrogen) atoms. The van der Waals surface area contributed by atoms with Crippen LogP contribution in [-0.2, 0) is 19.7 Å². The van der Waals surface area contributed by atoms with Crippen molar-refractivity contribution in [2.45, 2.75) is 19.3 Å². The number of hydrogen-bond acceptors (Lipinski definition) is 5. The summed E-state index contributed by atoms with van der Waals surface area (Å²) in [7, 11) is 1.90. The molecule has 5 nitrogen and oxygen atoms in total. The highest BCUT2D eigenvalue weighted by Crippen LogP contribution is 2.46. The van der Waals surface area contributed by atoms with Crippen LogP contribution >= 0.6 is 0 Å². The van der Waals surface area contributed by atoms with Gasteiger partial charge < -0.3 is 14.4 Å². The molecule has 0 spiro atoms. The Morgan fingerprint density at radius 3 is 2.46 bits per heavy atom. The first-order valence-electron chi connectivity index (χ1n) is 8.92. The third-order valence-electron chi connectivity index (χ3n) is 4.80. The van der Waals surface area contributed by atoms with E-state index in [2.05, 4.69) is 0 Å². The highest BCUT2D eigenvalue weighted by Gasteiger charge is 2.38. The van der Waals surface area contributed by atoms with Crippen LogP contribution in [0.3, 0.4) is 0 Å². The zero-order chi connectivity index (χ0) is 20.3. The minimum atomic E-state index is -0.739.